The third-order valence-electron chi connectivity index (χ3n) is 5.81. The van der Waals surface area contributed by atoms with E-state index in [1.807, 2.05) is 54.3 Å². The molecule has 0 saturated heterocycles. The van der Waals surface area contributed by atoms with Crippen molar-refractivity contribution < 1.29 is 14.3 Å². The number of aromatic nitrogens is 4. The molecule has 0 bridgehead atoms. The van der Waals surface area contributed by atoms with Crippen LogP contribution in [0.4, 0.5) is 5.69 Å². The number of hydrogen-bond acceptors (Lipinski definition) is 5. The lowest BCUT2D eigenvalue weighted by Crippen LogP contribution is -2.30. The molecule has 1 aliphatic rings. The molecule has 2 aromatic carbocycles. The molecule has 1 unspecified atom stereocenters. The molecule has 1 atom stereocenters. The Hall–Kier alpha value is -3.65. The van der Waals surface area contributed by atoms with Crippen molar-refractivity contribution >= 4 is 22.6 Å². The maximum atomic E-state index is 13.6. The molecule has 32 heavy (non-hydrogen) atoms. The number of ether oxygens (including phenoxy) is 2. The minimum atomic E-state index is -0.302. The molecule has 8 nitrogen and oxygen atoms in total. The van der Waals surface area contributed by atoms with Gasteiger partial charge >= 0.3 is 0 Å². The fourth-order valence-corrected chi connectivity index (χ4v) is 4.28. The highest BCUT2D eigenvalue weighted by Crippen LogP contribution is 2.43. The van der Waals surface area contributed by atoms with Crippen LogP contribution in [0.15, 0.2) is 48.8 Å². The SMILES string of the molecule is CCCOc1ccc(C2c3c(nn(COC)c3C)C(=O)N2c2ccc3nc[nH]c3c2)cc1. The Kier molecular flexibility index (Phi) is 5.14. The third kappa shape index (κ3) is 3.23. The van der Waals surface area contributed by atoms with Gasteiger partial charge < -0.3 is 14.5 Å². The number of methoxy groups -OCH3 is 1. The average Bonchev–Trinajstić information content (AvgIpc) is 3.48. The van der Waals surface area contributed by atoms with E-state index in [2.05, 4.69) is 22.0 Å². The summed E-state index contributed by atoms with van der Waals surface area (Å²) in [6.45, 7) is 5.02. The van der Waals surface area contributed by atoms with Crippen molar-refractivity contribution in [2.45, 2.75) is 33.0 Å². The molecule has 0 saturated carbocycles. The molecule has 1 amide bonds. The summed E-state index contributed by atoms with van der Waals surface area (Å²) in [4.78, 5) is 22.8. The Balaban J connectivity index is 1.62. The summed E-state index contributed by atoms with van der Waals surface area (Å²) in [7, 11) is 1.62. The zero-order valence-corrected chi connectivity index (χ0v) is 18.3. The molecule has 1 N–H and O–H groups in total. The average molecular weight is 431 g/mol. The van der Waals surface area contributed by atoms with E-state index in [0.29, 0.717) is 19.0 Å². The van der Waals surface area contributed by atoms with Crippen molar-refractivity contribution in [2.24, 2.45) is 0 Å². The second-order valence-electron chi connectivity index (χ2n) is 7.86. The summed E-state index contributed by atoms with van der Waals surface area (Å²) in [5.74, 6) is 0.686. The highest BCUT2D eigenvalue weighted by Gasteiger charge is 2.43. The van der Waals surface area contributed by atoms with Gasteiger partial charge in [-0.25, -0.2) is 9.67 Å². The van der Waals surface area contributed by atoms with Gasteiger partial charge in [-0.1, -0.05) is 19.1 Å². The number of rotatable bonds is 7. The van der Waals surface area contributed by atoms with Gasteiger partial charge in [0, 0.05) is 24.1 Å². The summed E-state index contributed by atoms with van der Waals surface area (Å²) >= 11 is 0. The van der Waals surface area contributed by atoms with Gasteiger partial charge in [-0.15, -0.1) is 0 Å². The molecule has 2 aromatic heterocycles. The van der Waals surface area contributed by atoms with Crippen LogP contribution in [0.2, 0.25) is 0 Å². The van der Waals surface area contributed by atoms with Crippen molar-refractivity contribution in [1.82, 2.24) is 19.7 Å². The Morgan fingerprint density at radius 2 is 1.97 bits per heavy atom. The lowest BCUT2D eigenvalue weighted by molar-refractivity contribution is 0.0977. The minimum absolute atomic E-state index is 0.131. The smallest absolute Gasteiger partial charge is 0.280 e. The van der Waals surface area contributed by atoms with E-state index in [1.165, 1.54) is 0 Å². The van der Waals surface area contributed by atoms with Gasteiger partial charge in [-0.3, -0.25) is 9.69 Å². The Morgan fingerprint density at radius 1 is 1.16 bits per heavy atom. The van der Waals surface area contributed by atoms with E-state index in [4.69, 9.17) is 9.47 Å². The zero-order valence-electron chi connectivity index (χ0n) is 18.3. The van der Waals surface area contributed by atoms with Crippen molar-refractivity contribution in [3.63, 3.8) is 0 Å². The Labute approximate surface area is 185 Å². The number of fused-ring (bicyclic) bond motifs is 2. The number of carbonyl (C=O) groups excluding carboxylic acids is 1. The number of carbonyl (C=O) groups is 1. The number of H-pyrrole nitrogens is 1. The number of benzene rings is 2. The summed E-state index contributed by atoms with van der Waals surface area (Å²) in [5, 5.41) is 4.58. The Bertz CT molecular complexity index is 1270. The summed E-state index contributed by atoms with van der Waals surface area (Å²) in [6, 6.07) is 13.5. The second kappa shape index (κ2) is 8.12. The van der Waals surface area contributed by atoms with Crippen LogP contribution in [0.5, 0.6) is 5.75 Å². The zero-order chi connectivity index (χ0) is 22.2. The molecular weight excluding hydrogens is 406 g/mol. The molecule has 0 radical (unpaired) electrons. The van der Waals surface area contributed by atoms with Crippen molar-refractivity contribution in [1.29, 1.82) is 0 Å². The Morgan fingerprint density at radius 3 is 2.72 bits per heavy atom. The molecule has 8 heteroatoms. The molecule has 164 valence electrons. The number of amides is 1. The molecule has 0 fully saturated rings. The molecule has 3 heterocycles. The first-order chi connectivity index (χ1) is 15.6. The first kappa shape index (κ1) is 20.3. The largest absolute Gasteiger partial charge is 0.494 e. The van der Waals surface area contributed by atoms with E-state index in [0.717, 1.165) is 45.7 Å². The first-order valence-electron chi connectivity index (χ1n) is 10.7. The van der Waals surface area contributed by atoms with Crippen LogP contribution in [0.25, 0.3) is 11.0 Å². The predicted octanol–water partition coefficient (Wildman–Crippen LogP) is 4.21. The summed E-state index contributed by atoms with van der Waals surface area (Å²) < 4.78 is 12.8. The van der Waals surface area contributed by atoms with Gasteiger partial charge in [0.05, 0.1) is 30.0 Å². The van der Waals surface area contributed by atoms with E-state index >= 15 is 0 Å². The summed E-state index contributed by atoms with van der Waals surface area (Å²) in [5.41, 5.74) is 5.79. The highest BCUT2D eigenvalue weighted by molar-refractivity contribution is 6.11. The van der Waals surface area contributed by atoms with Crippen LogP contribution in [-0.4, -0.2) is 39.4 Å². The van der Waals surface area contributed by atoms with E-state index in [-0.39, 0.29) is 11.9 Å². The molecule has 0 aliphatic carbocycles. The van der Waals surface area contributed by atoms with E-state index in [9.17, 15) is 4.79 Å². The van der Waals surface area contributed by atoms with Crippen LogP contribution in [0.1, 0.15) is 46.7 Å². The van der Waals surface area contributed by atoms with Gasteiger partial charge in [0.15, 0.2) is 5.69 Å². The van der Waals surface area contributed by atoms with Crippen molar-refractivity contribution in [3.05, 3.63) is 71.3 Å². The highest BCUT2D eigenvalue weighted by atomic mass is 16.5. The quantitative estimate of drug-likeness (QED) is 0.474. The fraction of sp³-hybridized carbons (Fsp3) is 0.292. The molecule has 5 rings (SSSR count). The lowest BCUT2D eigenvalue weighted by Gasteiger charge is -2.27. The number of nitrogens with zero attached hydrogens (tertiary/aromatic N) is 4. The third-order valence-corrected chi connectivity index (χ3v) is 5.81. The molecule has 0 spiro atoms. The minimum Gasteiger partial charge on any atom is -0.494 e. The number of hydrogen-bond donors (Lipinski definition) is 1. The van der Waals surface area contributed by atoms with Crippen LogP contribution in [0.3, 0.4) is 0 Å². The topological polar surface area (TPSA) is 85.3 Å². The first-order valence-corrected chi connectivity index (χ1v) is 10.7. The summed E-state index contributed by atoms with van der Waals surface area (Å²) in [6.07, 6.45) is 2.60. The number of imidazole rings is 1. The molecular formula is C24H25N5O3. The molecule has 4 aromatic rings. The van der Waals surface area contributed by atoms with Gasteiger partial charge in [-0.05, 0) is 49.2 Å². The maximum Gasteiger partial charge on any atom is 0.280 e. The van der Waals surface area contributed by atoms with Crippen LogP contribution < -0.4 is 9.64 Å². The van der Waals surface area contributed by atoms with Crippen molar-refractivity contribution in [2.75, 3.05) is 18.6 Å². The van der Waals surface area contributed by atoms with Crippen molar-refractivity contribution in [3.8, 4) is 5.75 Å². The fourth-order valence-electron chi connectivity index (χ4n) is 4.28. The standard InChI is InChI=1S/C24H25N5O3/c1-4-11-32-18-8-5-16(6-9-18)23-21-15(2)28(14-31-3)27-22(21)24(30)29(23)17-7-10-19-20(12-17)26-13-25-19/h5-10,12-13,23H,4,11,14H2,1-3H3,(H,25,26). The van der Waals surface area contributed by atoms with E-state index in [1.54, 1.807) is 18.1 Å². The van der Waals surface area contributed by atoms with E-state index < -0.39 is 0 Å². The number of anilines is 1. The molecule has 1 aliphatic heterocycles. The van der Waals surface area contributed by atoms with Gasteiger partial charge in [0.1, 0.15) is 12.5 Å². The van der Waals surface area contributed by atoms with Gasteiger partial charge in [0.2, 0.25) is 0 Å². The lowest BCUT2D eigenvalue weighted by atomic mass is 9.98. The maximum absolute atomic E-state index is 13.6. The van der Waals surface area contributed by atoms with Crippen LogP contribution in [0, 0.1) is 6.92 Å². The number of nitrogens with one attached hydrogen (secondary N) is 1. The number of aromatic amines is 1. The monoisotopic (exact) mass is 431 g/mol. The normalized spacial score (nSPS) is 15.5. The second-order valence-corrected chi connectivity index (χ2v) is 7.86. The predicted molar refractivity (Wildman–Crippen MR) is 121 cm³/mol. The van der Waals surface area contributed by atoms with Gasteiger partial charge in [-0.2, -0.15) is 5.10 Å². The van der Waals surface area contributed by atoms with Gasteiger partial charge in [0.25, 0.3) is 5.91 Å². The van der Waals surface area contributed by atoms with Crippen LogP contribution >= 0.6 is 0 Å². The van der Waals surface area contributed by atoms with Crippen LogP contribution in [-0.2, 0) is 11.5 Å².